The van der Waals surface area contributed by atoms with Crippen LogP contribution >= 0.6 is 27.7 Å². The molecule has 1 saturated carbocycles. The van der Waals surface area contributed by atoms with Crippen molar-refractivity contribution in [3.63, 3.8) is 0 Å². The van der Waals surface area contributed by atoms with Gasteiger partial charge < -0.3 is 0 Å². The van der Waals surface area contributed by atoms with E-state index in [2.05, 4.69) is 20.7 Å². The molecule has 0 bridgehead atoms. The molecule has 1 aromatic carbocycles. The first-order valence-corrected chi connectivity index (χ1v) is 9.61. The molecule has 2 rings (SSSR count). The molecular weight excluding hydrogens is 372 g/mol. The molecule has 0 aliphatic heterocycles. The second-order valence-electron chi connectivity index (χ2n) is 4.63. The van der Waals surface area contributed by atoms with Gasteiger partial charge in [0.15, 0.2) is 0 Å². The molecule has 20 heavy (non-hydrogen) atoms. The molecule has 1 N–H and O–H groups in total. The fourth-order valence-electron chi connectivity index (χ4n) is 2.39. The van der Waals surface area contributed by atoms with Gasteiger partial charge in [-0.05, 0) is 41.1 Å². The van der Waals surface area contributed by atoms with Crippen LogP contribution in [0.5, 0.6) is 0 Å². The first kappa shape index (κ1) is 16.2. The van der Waals surface area contributed by atoms with Crippen LogP contribution in [0.4, 0.5) is 8.78 Å². The molecule has 0 aromatic heterocycles. The van der Waals surface area contributed by atoms with Crippen LogP contribution < -0.4 is 4.72 Å². The van der Waals surface area contributed by atoms with Gasteiger partial charge in [0.2, 0.25) is 10.0 Å². The monoisotopic (exact) mass is 385 g/mol. The maximum atomic E-state index is 13.8. The summed E-state index contributed by atoms with van der Waals surface area (Å²) in [6.45, 7) is 0. The maximum Gasteiger partial charge on any atom is 0.244 e. The highest BCUT2D eigenvalue weighted by Gasteiger charge is 2.33. The Morgan fingerprint density at radius 1 is 1.35 bits per heavy atom. The lowest BCUT2D eigenvalue weighted by Crippen LogP contribution is -2.39. The van der Waals surface area contributed by atoms with Crippen molar-refractivity contribution < 1.29 is 17.2 Å². The minimum absolute atomic E-state index is 0.110. The van der Waals surface area contributed by atoms with E-state index in [1.54, 1.807) is 11.8 Å². The van der Waals surface area contributed by atoms with E-state index < -0.39 is 26.6 Å². The van der Waals surface area contributed by atoms with Crippen LogP contribution in [0.2, 0.25) is 0 Å². The van der Waals surface area contributed by atoms with Gasteiger partial charge in [0.25, 0.3) is 0 Å². The van der Waals surface area contributed by atoms with Crippen molar-refractivity contribution in [3.8, 4) is 0 Å². The lowest BCUT2D eigenvalue weighted by atomic mass is 10.3. The summed E-state index contributed by atoms with van der Waals surface area (Å²) in [6.07, 6.45) is 4.52. The predicted molar refractivity (Wildman–Crippen MR) is 79.3 cm³/mol. The van der Waals surface area contributed by atoms with E-state index in [1.807, 2.05) is 6.26 Å². The Morgan fingerprint density at radius 2 is 2.05 bits per heavy atom. The van der Waals surface area contributed by atoms with Gasteiger partial charge in [-0.2, -0.15) is 11.8 Å². The Balaban J connectivity index is 2.32. The minimum atomic E-state index is -4.02. The number of hydrogen-bond acceptors (Lipinski definition) is 3. The van der Waals surface area contributed by atoms with Crippen molar-refractivity contribution in [1.29, 1.82) is 0 Å². The summed E-state index contributed by atoms with van der Waals surface area (Å²) in [5, 5.41) is 0.187. The van der Waals surface area contributed by atoms with E-state index in [-0.39, 0.29) is 15.8 Å². The molecule has 2 atom stereocenters. The van der Waals surface area contributed by atoms with E-state index in [9.17, 15) is 17.2 Å². The topological polar surface area (TPSA) is 46.2 Å². The second-order valence-corrected chi connectivity index (χ2v) is 8.21. The fourth-order valence-corrected chi connectivity index (χ4v) is 5.89. The Hall–Kier alpha value is -0.180. The molecule has 0 amide bonds. The van der Waals surface area contributed by atoms with Crippen molar-refractivity contribution in [3.05, 3.63) is 28.2 Å². The molecule has 1 fully saturated rings. The van der Waals surface area contributed by atoms with E-state index in [0.29, 0.717) is 6.07 Å². The molecule has 0 radical (unpaired) electrons. The first-order valence-electron chi connectivity index (χ1n) is 6.05. The smallest absolute Gasteiger partial charge is 0.207 e. The number of halogens is 3. The lowest BCUT2D eigenvalue weighted by Gasteiger charge is -2.19. The highest BCUT2D eigenvalue weighted by Crippen LogP contribution is 2.31. The van der Waals surface area contributed by atoms with Crippen LogP contribution in [-0.2, 0) is 10.0 Å². The Kier molecular flexibility index (Phi) is 5.09. The quantitative estimate of drug-likeness (QED) is 0.864. The number of thioether (sulfide) groups is 1. The normalized spacial score (nSPS) is 23.2. The van der Waals surface area contributed by atoms with Crippen LogP contribution in [-0.4, -0.2) is 26.0 Å². The number of benzene rings is 1. The molecule has 1 aliphatic rings. The number of sulfonamides is 1. The van der Waals surface area contributed by atoms with E-state index in [0.717, 1.165) is 25.3 Å². The average molecular weight is 386 g/mol. The van der Waals surface area contributed by atoms with Crippen molar-refractivity contribution in [2.75, 3.05) is 6.26 Å². The zero-order valence-electron chi connectivity index (χ0n) is 10.7. The largest absolute Gasteiger partial charge is 0.244 e. The first-order chi connectivity index (χ1) is 9.35. The fraction of sp³-hybridized carbons (Fsp3) is 0.500. The molecular formula is C12H14BrF2NO2S2. The molecule has 1 aromatic rings. The van der Waals surface area contributed by atoms with Gasteiger partial charge in [-0.3, -0.25) is 0 Å². The zero-order valence-corrected chi connectivity index (χ0v) is 13.9. The summed E-state index contributed by atoms with van der Waals surface area (Å²) in [5.41, 5.74) is 0. The van der Waals surface area contributed by atoms with Crippen molar-refractivity contribution >= 4 is 37.7 Å². The molecule has 112 valence electrons. The van der Waals surface area contributed by atoms with Gasteiger partial charge in [0, 0.05) is 21.8 Å². The Morgan fingerprint density at radius 3 is 2.65 bits per heavy atom. The van der Waals surface area contributed by atoms with Crippen molar-refractivity contribution in [1.82, 2.24) is 4.72 Å². The van der Waals surface area contributed by atoms with Gasteiger partial charge in [-0.15, -0.1) is 0 Å². The van der Waals surface area contributed by atoms with Gasteiger partial charge in [-0.25, -0.2) is 21.9 Å². The molecule has 1 aliphatic carbocycles. The molecule has 2 unspecified atom stereocenters. The summed E-state index contributed by atoms with van der Waals surface area (Å²) >= 11 is 4.51. The van der Waals surface area contributed by atoms with Crippen molar-refractivity contribution in [2.24, 2.45) is 0 Å². The predicted octanol–water partition coefficient (Wildman–Crippen LogP) is 3.29. The highest BCUT2D eigenvalue weighted by atomic mass is 79.9. The maximum absolute atomic E-state index is 13.8. The standard InChI is InChI=1S/C12H14BrF2NO2S2/c1-19-11-4-2-3-10(11)16-20(17,18)12-8(13)5-7(14)6-9(12)15/h5-6,10-11,16H,2-4H2,1H3. The SMILES string of the molecule is CSC1CCCC1NS(=O)(=O)c1c(F)cc(F)cc1Br. The highest BCUT2D eigenvalue weighted by molar-refractivity contribution is 9.10. The molecule has 3 nitrogen and oxygen atoms in total. The van der Waals surface area contributed by atoms with Crippen LogP contribution in [0.3, 0.4) is 0 Å². The number of nitrogens with one attached hydrogen (secondary N) is 1. The average Bonchev–Trinajstić information content (AvgIpc) is 2.73. The summed E-state index contributed by atoms with van der Waals surface area (Å²) in [4.78, 5) is -0.536. The number of hydrogen-bond donors (Lipinski definition) is 1. The number of rotatable bonds is 4. The molecule has 0 saturated heterocycles. The summed E-state index contributed by atoms with van der Waals surface area (Å²) in [5.74, 6) is -1.92. The lowest BCUT2D eigenvalue weighted by molar-refractivity contribution is 0.529. The molecule has 8 heteroatoms. The minimum Gasteiger partial charge on any atom is -0.207 e. The Bertz CT molecular complexity index is 586. The summed E-state index contributed by atoms with van der Waals surface area (Å²) in [7, 11) is -4.02. The van der Waals surface area contributed by atoms with Crippen LogP contribution in [0.1, 0.15) is 19.3 Å². The van der Waals surface area contributed by atoms with Crippen LogP contribution in [0.25, 0.3) is 0 Å². The van der Waals surface area contributed by atoms with Gasteiger partial charge in [0.05, 0.1) is 0 Å². The van der Waals surface area contributed by atoms with Crippen LogP contribution in [0, 0.1) is 11.6 Å². The molecule has 0 heterocycles. The van der Waals surface area contributed by atoms with Crippen LogP contribution in [0.15, 0.2) is 21.5 Å². The van der Waals surface area contributed by atoms with E-state index in [4.69, 9.17) is 0 Å². The third-order valence-corrected chi connectivity index (χ3v) is 6.92. The van der Waals surface area contributed by atoms with Crippen molar-refractivity contribution in [2.45, 2.75) is 35.4 Å². The zero-order chi connectivity index (χ0) is 14.9. The Labute approximate surface area is 129 Å². The van der Waals surface area contributed by atoms with Gasteiger partial charge in [0.1, 0.15) is 16.5 Å². The summed E-state index contributed by atoms with van der Waals surface area (Å²) < 4.78 is 53.8. The van der Waals surface area contributed by atoms with E-state index in [1.165, 1.54) is 0 Å². The third kappa shape index (κ3) is 3.35. The van der Waals surface area contributed by atoms with Gasteiger partial charge >= 0.3 is 0 Å². The third-order valence-electron chi connectivity index (χ3n) is 3.29. The molecule has 0 spiro atoms. The summed E-state index contributed by atoms with van der Waals surface area (Å²) in [6, 6.07) is 1.30. The van der Waals surface area contributed by atoms with Gasteiger partial charge in [-0.1, -0.05) is 6.42 Å². The second kappa shape index (κ2) is 6.29. The van der Waals surface area contributed by atoms with E-state index >= 15 is 0 Å².